The number of aliphatic carboxylic acids is 1. The maximum Gasteiger partial charge on any atom is 0.305 e. The van der Waals surface area contributed by atoms with E-state index in [1.54, 1.807) is 11.8 Å². The van der Waals surface area contributed by atoms with Crippen LogP contribution in [0.4, 0.5) is 0 Å². The molecule has 22 heavy (non-hydrogen) atoms. The maximum absolute atomic E-state index is 12.7. The number of hydrogen-bond donors (Lipinski definition) is 2. The predicted molar refractivity (Wildman–Crippen MR) is 89.0 cm³/mol. The molecule has 0 bridgehead atoms. The fraction of sp³-hybridized carbons (Fsp3) is 0.529. The Hall–Kier alpha value is -1.49. The van der Waals surface area contributed by atoms with Gasteiger partial charge in [-0.05, 0) is 36.1 Å². The average Bonchev–Trinajstić information content (AvgIpc) is 2.45. The lowest BCUT2D eigenvalue weighted by Gasteiger charge is -2.35. The Morgan fingerprint density at radius 2 is 2.09 bits per heavy atom. The molecule has 5 heteroatoms. The molecule has 2 atom stereocenters. The number of hydrogen-bond acceptors (Lipinski definition) is 3. The van der Waals surface area contributed by atoms with Crippen LogP contribution in [0.15, 0.2) is 24.3 Å². The maximum atomic E-state index is 12.7. The van der Waals surface area contributed by atoms with Crippen LogP contribution in [0.2, 0.25) is 0 Å². The third kappa shape index (κ3) is 3.64. The Balaban J connectivity index is 2.20. The molecule has 0 fully saturated rings. The van der Waals surface area contributed by atoms with Crippen molar-refractivity contribution in [3.05, 3.63) is 35.4 Å². The van der Waals surface area contributed by atoms with Crippen molar-refractivity contribution in [2.75, 3.05) is 5.75 Å². The summed E-state index contributed by atoms with van der Waals surface area (Å²) in [7, 11) is 0. The number of amides is 1. The molecule has 0 aromatic heterocycles. The van der Waals surface area contributed by atoms with Gasteiger partial charge in [0.05, 0.1) is 6.42 Å². The van der Waals surface area contributed by atoms with Crippen molar-refractivity contribution < 1.29 is 14.7 Å². The summed E-state index contributed by atoms with van der Waals surface area (Å²) in [5.41, 5.74) is 1.53. The Kier molecular flexibility index (Phi) is 5.16. The van der Waals surface area contributed by atoms with Crippen LogP contribution in [0.25, 0.3) is 0 Å². The minimum Gasteiger partial charge on any atom is -0.481 e. The van der Waals surface area contributed by atoms with Gasteiger partial charge in [0.25, 0.3) is 0 Å². The lowest BCUT2D eigenvalue weighted by Crippen LogP contribution is -2.52. The van der Waals surface area contributed by atoms with E-state index in [0.29, 0.717) is 0 Å². The van der Waals surface area contributed by atoms with Crippen LogP contribution >= 0.6 is 11.8 Å². The number of benzene rings is 1. The van der Waals surface area contributed by atoms with Crippen molar-refractivity contribution >= 4 is 23.6 Å². The van der Waals surface area contributed by atoms with Gasteiger partial charge in [0.1, 0.15) is 5.25 Å². The highest BCUT2D eigenvalue weighted by molar-refractivity contribution is 8.00. The van der Waals surface area contributed by atoms with Crippen LogP contribution < -0.4 is 5.32 Å². The second kappa shape index (κ2) is 6.73. The van der Waals surface area contributed by atoms with E-state index in [2.05, 4.69) is 11.4 Å². The predicted octanol–water partition coefficient (Wildman–Crippen LogP) is 3.02. The summed E-state index contributed by atoms with van der Waals surface area (Å²) in [6, 6.07) is 8.00. The molecule has 0 saturated carbocycles. The molecule has 1 heterocycles. The van der Waals surface area contributed by atoms with Gasteiger partial charge in [0.2, 0.25) is 5.91 Å². The molecule has 0 spiro atoms. The molecule has 2 rings (SSSR count). The first-order valence-electron chi connectivity index (χ1n) is 7.56. The summed E-state index contributed by atoms with van der Waals surface area (Å²) in [4.78, 5) is 23.9. The number of nitrogens with one attached hydrogen (secondary N) is 1. The number of fused-ring (bicyclic) bond motifs is 1. The van der Waals surface area contributed by atoms with Crippen LogP contribution in [0.1, 0.15) is 43.6 Å². The Morgan fingerprint density at radius 3 is 2.73 bits per heavy atom. The first kappa shape index (κ1) is 16.9. The minimum atomic E-state index is -0.895. The van der Waals surface area contributed by atoms with Crippen molar-refractivity contribution in [2.24, 2.45) is 5.92 Å². The van der Waals surface area contributed by atoms with E-state index in [1.165, 1.54) is 5.56 Å². The van der Waals surface area contributed by atoms with Crippen LogP contribution in [-0.4, -0.2) is 28.3 Å². The van der Waals surface area contributed by atoms with E-state index in [-0.39, 0.29) is 23.5 Å². The second-order valence-electron chi connectivity index (χ2n) is 6.33. The Bertz CT molecular complexity index is 573. The first-order chi connectivity index (χ1) is 10.3. The Morgan fingerprint density at radius 1 is 1.41 bits per heavy atom. The van der Waals surface area contributed by atoms with E-state index in [9.17, 15) is 9.59 Å². The molecule has 120 valence electrons. The van der Waals surface area contributed by atoms with Crippen molar-refractivity contribution in [2.45, 2.75) is 44.4 Å². The molecule has 0 aliphatic carbocycles. The molecule has 1 aromatic rings. The summed E-state index contributed by atoms with van der Waals surface area (Å²) in [6.07, 6.45) is 0.899. The van der Waals surface area contributed by atoms with Gasteiger partial charge in [-0.1, -0.05) is 38.1 Å². The molecule has 1 aromatic carbocycles. The molecular weight excluding hydrogens is 298 g/mol. The van der Waals surface area contributed by atoms with Crippen LogP contribution in [0.3, 0.4) is 0 Å². The second-order valence-corrected chi connectivity index (χ2v) is 7.54. The van der Waals surface area contributed by atoms with Gasteiger partial charge < -0.3 is 10.4 Å². The summed E-state index contributed by atoms with van der Waals surface area (Å²) in [5.74, 6) is -0.0361. The zero-order valence-corrected chi connectivity index (χ0v) is 14.1. The number of carbonyl (C=O) groups excluding carboxylic acids is 1. The monoisotopic (exact) mass is 321 g/mol. The van der Waals surface area contributed by atoms with Crippen molar-refractivity contribution in [3.63, 3.8) is 0 Å². The summed E-state index contributed by atoms with van der Waals surface area (Å²) in [5, 5.41) is 11.9. The lowest BCUT2D eigenvalue weighted by molar-refractivity contribution is -0.139. The number of thioether (sulfide) groups is 1. The zero-order valence-electron chi connectivity index (χ0n) is 13.3. The van der Waals surface area contributed by atoms with Gasteiger partial charge >= 0.3 is 5.97 Å². The highest BCUT2D eigenvalue weighted by Crippen LogP contribution is 2.37. The first-order valence-corrected chi connectivity index (χ1v) is 8.61. The molecule has 1 aliphatic rings. The third-order valence-corrected chi connectivity index (χ3v) is 5.67. The molecule has 2 unspecified atom stereocenters. The van der Waals surface area contributed by atoms with E-state index in [0.717, 1.165) is 17.7 Å². The summed E-state index contributed by atoms with van der Waals surface area (Å²) >= 11 is 1.63. The quantitative estimate of drug-likeness (QED) is 0.875. The number of rotatable bonds is 5. The number of carboxylic acids is 1. The van der Waals surface area contributed by atoms with Gasteiger partial charge in [-0.25, -0.2) is 0 Å². The van der Waals surface area contributed by atoms with Crippen molar-refractivity contribution in [1.29, 1.82) is 0 Å². The van der Waals surface area contributed by atoms with Gasteiger partial charge in [-0.15, -0.1) is 11.8 Å². The van der Waals surface area contributed by atoms with Gasteiger partial charge in [-0.2, -0.15) is 0 Å². The van der Waals surface area contributed by atoms with E-state index in [4.69, 9.17) is 5.11 Å². The Labute approximate surface area is 135 Å². The molecule has 1 aliphatic heterocycles. The molecular formula is C17H23NO3S. The van der Waals surface area contributed by atoms with Crippen molar-refractivity contribution in [3.8, 4) is 0 Å². The highest BCUT2D eigenvalue weighted by Gasteiger charge is 2.36. The minimum absolute atomic E-state index is 0.0383. The number of carboxylic acid groups (broad SMARTS) is 1. The van der Waals surface area contributed by atoms with Crippen molar-refractivity contribution in [1.82, 2.24) is 5.32 Å². The largest absolute Gasteiger partial charge is 0.481 e. The zero-order chi connectivity index (χ0) is 16.3. The van der Waals surface area contributed by atoms with Gasteiger partial charge in [-0.3, -0.25) is 9.59 Å². The normalized spacial score (nSPS) is 20.1. The molecule has 4 nitrogen and oxygen atoms in total. The van der Waals surface area contributed by atoms with Crippen LogP contribution in [0.5, 0.6) is 0 Å². The van der Waals surface area contributed by atoms with Gasteiger partial charge in [0.15, 0.2) is 0 Å². The molecule has 1 amide bonds. The van der Waals surface area contributed by atoms with Crippen LogP contribution in [0, 0.1) is 5.92 Å². The molecule has 2 N–H and O–H groups in total. The van der Waals surface area contributed by atoms with Gasteiger partial charge in [0, 0.05) is 5.54 Å². The number of carbonyl (C=O) groups is 2. The van der Waals surface area contributed by atoms with Crippen LogP contribution in [-0.2, 0) is 16.0 Å². The molecule has 0 radical (unpaired) electrons. The third-order valence-electron chi connectivity index (χ3n) is 4.43. The summed E-state index contributed by atoms with van der Waals surface area (Å²) in [6.45, 7) is 5.68. The lowest BCUT2D eigenvalue weighted by atomic mass is 9.85. The SMILES string of the molecule is CC(C)C(C)(CC(=O)O)NC(=O)C1SCCc2ccccc21. The van der Waals surface area contributed by atoms with E-state index < -0.39 is 11.5 Å². The highest BCUT2D eigenvalue weighted by atomic mass is 32.2. The fourth-order valence-corrected chi connectivity index (χ4v) is 3.86. The standard InChI is InChI=1S/C17H23NO3S/c1-11(2)17(3,10-14(19)20)18-16(21)15-13-7-5-4-6-12(13)8-9-22-15/h4-7,11,15H,8-10H2,1-3H3,(H,18,21)(H,19,20). The fourth-order valence-electron chi connectivity index (χ4n) is 2.66. The smallest absolute Gasteiger partial charge is 0.305 e. The average molecular weight is 321 g/mol. The van der Waals surface area contributed by atoms with E-state index >= 15 is 0 Å². The molecule has 0 saturated heterocycles. The number of aryl methyl sites for hydroxylation is 1. The topological polar surface area (TPSA) is 66.4 Å². The summed E-state index contributed by atoms with van der Waals surface area (Å²) < 4.78 is 0. The van der Waals surface area contributed by atoms with E-state index in [1.807, 2.05) is 39.0 Å².